The van der Waals surface area contributed by atoms with Gasteiger partial charge in [0.2, 0.25) is 0 Å². The number of nitro benzene ring substituents is 1. The van der Waals surface area contributed by atoms with E-state index in [2.05, 4.69) is 5.16 Å². The number of non-ortho nitro benzene ring substituents is 1. The summed E-state index contributed by atoms with van der Waals surface area (Å²) in [6.07, 6.45) is 0. The first-order chi connectivity index (χ1) is 9.11. The Balaban J connectivity index is 2.30. The van der Waals surface area contributed by atoms with Crippen molar-refractivity contribution < 1.29 is 10.1 Å². The summed E-state index contributed by atoms with van der Waals surface area (Å²) >= 11 is 0. The Kier molecular flexibility index (Phi) is 2.35. The Morgan fingerprint density at radius 2 is 1.68 bits per heavy atom. The van der Waals surface area contributed by atoms with Crippen LogP contribution in [-0.4, -0.2) is 15.8 Å². The molecule has 0 aromatic heterocycles. The Morgan fingerprint density at radius 1 is 1.05 bits per heavy atom. The number of hydrogen-bond acceptors (Lipinski definition) is 4. The van der Waals surface area contributed by atoms with E-state index in [0.29, 0.717) is 11.3 Å². The minimum Gasteiger partial charge on any atom is -0.410 e. The molecule has 1 aliphatic rings. The van der Waals surface area contributed by atoms with E-state index in [-0.39, 0.29) is 5.69 Å². The fourth-order valence-corrected chi connectivity index (χ4v) is 2.42. The number of benzene rings is 2. The highest BCUT2D eigenvalue weighted by Crippen LogP contribution is 2.38. The minimum absolute atomic E-state index is 0.00979. The monoisotopic (exact) mass is 254 g/mol. The maximum Gasteiger partial charge on any atom is 0.270 e. The molecule has 0 unspecified atom stereocenters. The van der Waals surface area contributed by atoms with Crippen molar-refractivity contribution in [3.63, 3.8) is 0 Å². The van der Waals surface area contributed by atoms with E-state index < -0.39 is 4.92 Å². The Morgan fingerprint density at radius 3 is 2.32 bits per heavy atom. The zero-order valence-electron chi connectivity index (χ0n) is 10.1. The van der Waals surface area contributed by atoms with Crippen LogP contribution in [0.2, 0.25) is 0 Å². The van der Waals surface area contributed by atoms with Crippen LogP contribution >= 0.6 is 0 Å². The lowest BCUT2D eigenvalue weighted by Gasteiger charge is -2.00. The van der Waals surface area contributed by atoms with Crippen molar-refractivity contribution in [1.82, 2.24) is 0 Å². The van der Waals surface area contributed by atoms with Gasteiger partial charge >= 0.3 is 0 Å². The summed E-state index contributed by atoms with van der Waals surface area (Å²) in [5, 5.41) is 23.3. The molecule has 2 aromatic rings. The molecule has 0 amide bonds. The van der Waals surface area contributed by atoms with Gasteiger partial charge in [0.05, 0.1) is 4.92 Å². The molecule has 0 atom stereocenters. The van der Waals surface area contributed by atoms with E-state index in [1.54, 1.807) is 6.07 Å². The standard InChI is InChI=1S/C14H10N2O3/c1-8-2-4-10-11-5-3-9(16(18)19)7-13(11)14(15-17)12(10)6-8/h2-7,17H,1H3/b15-14+. The molecule has 0 saturated heterocycles. The van der Waals surface area contributed by atoms with Crippen molar-refractivity contribution in [3.8, 4) is 11.1 Å². The summed E-state index contributed by atoms with van der Waals surface area (Å²) in [4.78, 5) is 10.4. The van der Waals surface area contributed by atoms with E-state index in [9.17, 15) is 15.3 Å². The maximum absolute atomic E-state index is 10.8. The number of hydrogen-bond donors (Lipinski definition) is 1. The number of rotatable bonds is 1. The Hall–Kier alpha value is -2.69. The fraction of sp³-hybridized carbons (Fsp3) is 0.0714. The van der Waals surface area contributed by atoms with Gasteiger partial charge in [0, 0.05) is 23.3 Å². The molecule has 0 bridgehead atoms. The first-order valence-corrected chi connectivity index (χ1v) is 5.74. The highest BCUT2D eigenvalue weighted by atomic mass is 16.6. The highest BCUT2D eigenvalue weighted by molar-refractivity contribution is 6.24. The third kappa shape index (κ3) is 1.59. The second-order valence-electron chi connectivity index (χ2n) is 4.48. The third-order valence-corrected chi connectivity index (χ3v) is 3.29. The molecule has 0 heterocycles. The van der Waals surface area contributed by atoms with E-state index >= 15 is 0 Å². The normalized spacial score (nSPS) is 14.3. The molecule has 1 N–H and O–H groups in total. The average molecular weight is 254 g/mol. The second-order valence-corrected chi connectivity index (χ2v) is 4.48. The number of fused-ring (bicyclic) bond motifs is 3. The van der Waals surface area contributed by atoms with Crippen molar-refractivity contribution in [2.45, 2.75) is 6.92 Å². The molecule has 2 aromatic carbocycles. The molecule has 0 fully saturated rings. The van der Waals surface area contributed by atoms with Crippen LogP contribution in [0.5, 0.6) is 0 Å². The fourth-order valence-electron chi connectivity index (χ4n) is 2.42. The molecule has 5 heteroatoms. The summed E-state index contributed by atoms with van der Waals surface area (Å²) < 4.78 is 0. The van der Waals surface area contributed by atoms with Crippen molar-refractivity contribution in [2.75, 3.05) is 0 Å². The van der Waals surface area contributed by atoms with E-state index in [4.69, 9.17) is 0 Å². The zero-order chi connectivity index (χ0) is 13.6. The van der Waals surface area contributed by atoms with Gasteiger partial charge in [-0.1, -0.05) is 22.9 Å². The molecule has 5 nitrogen and oxygen atoms in total. The molecular weight excluding hydrogens is 244 g/mol. The SMILES string of the molecule is Cc1ccc2c(c1)/C(=N\O)c1cc([N+](=O)[O-])ccc1-2. The molecule has 1 aliphatic carbocycles. The second kappa shape index (κ2) is 3.91. The quantitative estimate of drug-likeness (QED) is 0.412. The lowest BCUT2D eigenvalue weighted by atomic mass is 10.0. The molecule has 0 aliphatic heterocycles. The van der Waals surface area contributed by atoms with Crippen LogP contribution in [0.15, 0.2) is 41.6 Å². The van der Waals surface area contributed by atoms with Crippen molar-refractivity contribution in [1.29, 1.82) is 0 Å². The molecule has 3 rings (SSSR count). The average Bonchev–Trinajstić information content (AvgIpc) is 2.70. The number of nitrogens with zero attached hydrogens (tertiary/aromatic N) is 2. The van der Waals surface area contributed by atoms with Crippen molar-refractivity contribution in [2.24, 2.45) is 5.16 Å². The predicted octanol–water partition coefficient (Wildman–Crippen LogP) is 3.11. The van der Waals surface area contributed by atoms with Gasteiger partial charge in [-0.15, -0.1) is 0 Å². The Labute approximate surface area is 109 Å². The van der Waals surface area contributed by atoms with Crippen LogP contribution in [0.3, 0.4) is 0 Å². The molecule has 0 saturated carbocycles. The first kappa shape index (κ1) is 11.4. The van der Waals surface area contributed by atoms with Crippen LogP contribution in [0, 0.1) is 17.0 Å². The van der Waals surface area contributed by atoms with E-state index in [0.717, 1.165) is 22.3 Å². The van der Waals surface area contributed by atoms with Crippen LogP contribution in [0.1, 0.15) is 16.7 Å². The van der Waals surface area contributed by atoms with Crippen LogP contribution in [0.25, 0.3) is 11.1 Å². The highest BCUT2D eigenvalue weighted by Gasteiger charge is 2.27. The van der Waals surface area contributed by atoms with Gasteiger partial charge in [0.15, 0.2) is 0 Å². The van der Waals surface area contributed by atoms with E-state index in [1.165, 1.54) is 12.1 Å². The molecule has 94 valence electrons. The van der Waals surface area contributed by atoms with Gasteiger partial charge < -0.3 is 5.21 Å². The summed E-state index contributed by atoms with van der Waals surface area (Å²) in [5.74, 6) is 0. The van der Waals surface area contributed by atoms with Gasteiger partial charge in [-0.3, -0.25) is 10.1 Å². The van der Waals surface area contributed by atoms with Gasteiger partial charge in [0.1, 0.15) is 5.71 Å². The maximum atomic E-state index is 10.8. The third-order valence-electron chi connectivity index (χ3n) is 3.29. The minimum atomic E-state index is -0.455. The predicted molar refractivity (Wildman–Crippen MR) is 70.7 cm³/mol. The van der Waals surface area contributed by atoms with Gasteiger partial charge in [-0.2, -0.15) is 0 Å². The van der Waals surface area contributed by atoms with Crippen LogP contribution < -0.4 is 0 Å². The lowest BCUT2D eigenvalue weighted by molar-refractivity contribution is -0.384. The van der Waals surface area contributed by atoms with Gasteiger partial charge in [0.25, 0.3) is 5.69 Å². The molecule has 19 heavy (non-hydrogen) atoms. The van der Waals surface area contributed by atoms with Gasteiger partial charge in [-0.25, -0.2) is 0 Å². The molecule has 0 radical (unpaired) electrons. The smallest absolute Gasteiger partial charge is 0.270 e. The van der Waals surface area contributed by atoms with Crippen LogP contribution in [-0.2, 0) is 0 Å². The Bertz CT molecular complexity index is 735. The summed E-state index contributed by atoms with van der Waals surface area (Å²) in [6.45, 7) is 1.95. The topological polar surface area (TPSA) is 75.7 Å². The number of aryl methyl sites for hydroxylation is 1. The molecule has 0 spiro atoms. The summed E-state index contributed by atoms with van der Waals surface area (Å²) in [7, 11) is 0. The lowest BCUT2D eigenvalue weighted by Crippen LogP contribution is -1.99. The number of oxime groups is 1. The summed E-state index contributed by atoms with van der Waals surface area (Å²) in [5.41, 5.74) is 4.61. The first-order valence-electron chi connectivity index (χ1n) is 5.74. The van der Waals surface area contributed by atoms with E-state index in [1.807, 2.05) is 25.1 Å². The molecular formula is C14H10N2O3. The van der Waals surface area contributed by atoms with Crippen molar-refractivity contribution in [3.05, 3.63) is 63.2 Å². The number of nitro groups is 1. The zero-order valence-corrected chi connectivity index (χ0v) is 10.1. The van der Waals surface area contributed by atoms with Crippen molar-refractivity contribution >= 4 is 11.4 Å². The largest absolute Gasteiger partial charge is 0.410 e. The van der Waals surface area contributed by atoms with Crippen LogP contribution in [0.4, 0.5) is 5.69 Å². The summed E-state index contributed by atoms with van der Waals surface area (Å²) in [6, 6.07) is 10.4. The van der Waals surface area contributed by atoms with Gasteiger partial charge in [-0.05, 0) is 30.2 Å².